The summed E-state index contributed by atoms with van der Waals surface area (Å²) in [6, 6.07) is 7.42. The van der Waals surface area contributed by atoms with Crippen LogP contribution in [0.5, 0.6) is 0 Å². The molecule has 1 nitrogen and oxygen atoms in total. The normalized spacial score (nSPS) is 9.61. The highest BCUT2D eigenvalue weighted by atomic mass is 16.1. The maximum Gasteiger partial charge on any atom is 0.150 e. The molecule has 0 saturated carbocycles. The van der Waals surface area contributed by atoms with E-state index in [-0.39, 0.29) is 0 Å². The van der Waals surface area contributed by atoms with Crippen molar-refractivity contribution in [3.63, 3.8) is 0 Å². The molecule has 0 bridgehead atoms. The van der Waals surface area contributed by atoms with E-state index in [0.717, 1.165) is 18.3 Å². The molecule has 0 radical (unpaired) electrons. The van der Waals surface area contributed by atoms with Crippen molar-refractivity contribution >= 4 is 6.29 Å². The van der Waals surface area contributed by atoms with Gasteiger partial charge in [0.05, 0.1) is 0 Å². The number of unbranched alkanes of at least 4 members (excludes halogenated alkanes) is 6. The van der Waals surface area contributed by atoms with Crippen LogP contribution in [0.15, 0.2) is 24.3 Å². The molecule has 0 aliphatic heterocycles. The zero-order chi connectivity index (χ0) is 13.1. The maximum absolute atomic E-state index is 10.5. The molecule has 0 aliphatic rings. The van der Waals surface area contributed by atoms with Gasteiger partial charge in [-0.15, -0.1) is 0 Å². The summed E-state index contributed by atoms with van der Waals surface area (Å²) < 4.78 is 0. The van der Waals surface area contributed by atoms with Crippen LogP contribution < -0.4 is 0 Å². The van der Waals surface area contributed by atoms with Gasteiger partial charge in [-0.05, 0) is 18.6 Å². The fraction of sp³-hybridized carbons (Fsp3) is 0.471. The molecule has 0 saturated heterocycles. The van der Waals surface area contributed by atoms with Gasteiger partial charge in [0.25, 0.3) is 0 Å². The van der Waals surface area contributed by atoms with Crippen molar-refractivity contribution in [3.8, 4) is 11.8 Å². The zero-order valence-electron chi connectivity index (χ0n) is 11.2. The Hall–Kier alpha value is -1.55. The maximum atomic E-state index is 10.5. The van der Waals surface area contributed by atoms with Crippen molar-refractivity contribution in [2.45, 2.75) is 51.9 Å². The molecular formula is C17H22O. The van der Waals surface area contributed by atoms with Crippen molar-refractivity contribution in [1.29, 1.82) is 0 Å². The number of aldehydes is 1. The van der Waals surface area contributed by atoms with Crippen LogP contribution in [-0.2, 0) is 0 Å². The van der Waals surface area contributed by atoms with Gasteiger partial charge in [0.2, 0.25) is 0 Å². The predicted octanol–water partition coefficient (Wildman–Crippen LogP) is 4.60. The molecule has 0 amide bonds. The zero-order valence-corrected chi connectivity index (χ0v) is 11.2. The Kier molecular flexibility index (Phi) is 7.64. The highest BCUT2D eigenvalue weighted by Crippen LogP contribution is 2.06. The number of benzene rings is 1. The average Bonchev–Trinajstić information content (AvgIpc) is 2.42. The summed E-state index contributed by atoms with van der Waals surface area (Å²) in [6.07, 6.45) is 9.67. The lowest BCUT2D eigenvalue weighted by Gasteiger charge is -1.96. The molecule has 0 aromatic heterocycles. The first kappa shape index (κ1) is 14.5. The molecule has 1 aromatic rings. The van der Waals surface area contributed by atoms with E-state index in [9.17, 15) is 4.79 Å². The van der Waals surface area contributed by atoms with Crippen molar-refractivity contribution in [2.75, 3.05) is 0 Å². The van der Waals surface area contributed by atoms with Gasteiger partial charge in [-0.3, -0.25) is 4.79 Å². The molecule has 0 heterocycles. The summed E-state index contributed by atoms with van der Waals surface area (Å²) in [7, 11) is 0. The summed E-state index contributed by atoms with van der Waals surface area (Å²) in [5, 5.41) is 0. The Balaban J connectivity index is 2.18. The lowest BCUT2D eigenvalue weighted by molar-refractivity contribution is 0.112. The van der Waals surface area contributed by atoms with Crippen LogP contribution in [-0.4, -0.2) is 6.29 Å². The minimum atomic E-state index is 0.705. The van der Waals surface area contributed by atoms with Crippen LogP contribution in [0.1, 0.15) is 67.8 Å². The van der Waals surface area contributed by atoms with E-state index in [1.807, 2.05) is 24.3 Å². The molecule has 1 rings (SSSR count). The number of hydrogen-bond acceptors (Lipinski definition) is 1. The summed E-state index contributed by atoms with van der Waals surface area (Å²) in [5.74, 6) is 6.32. The third kappa shape index (κ3) is 6.25. The Morgan fingerprint density at radius 1 is 1.00 bits per heavy atom. The minimum Gasteiger partial charge on any atom is -0.298 e. The second-order valence-electron chi connectivity index (χ2n) is 4.56. The van der Waals surface area contributed by atoms with Gasteiger partial charge in [-0.2, -0.15) is 0 Å². The predicted molar refractivity (Wildman–Crippen MR) is 76.7 cm³/mol. The van der Waals surface area contributed by atoms with Gasteiger partial charge in [0.1, 0.15) is 6.29 Å². The second-order valence-corrected chi connectivity index (χ2v) is 4.56. The van der Waals surface area contributed by atoms with Gasteiger partial charge in [0, 0.05) is 17.5 Å². The largest absolute Gasteiger partial charge is 0.298 e. The second kappa shape index (κ2) is 9.48. The summed E-state index contributed by atoms with van der Waals surface area (Å²) in [4.78, 5) is 10.5. The standard InChI is InChI=1S/C17H22O/c1-2-3-4-5-6-7-8-9-10-16-11-13-17(15-18)14-12-16/h11-15H,2-8H2,1H3. The molecule has 0 aliphatic carbocycles. The van der Waals surface area contributed by atoms with Crippen LogP contribution in [0.3, 0.4) is 0 Å². The Labute approximate surface area is 111 Å². The summed E-state index contributed by atoms with van der Waals surface area (Å²) in [5.41, 5.74) is 1.70. The topological polar surface area (TPSA) is 17.1 Å². The monoisotopic (exact) mass is 242 g/mol. The lowest BCUT2D eigenvalue weighted by atomic mass is 10.1. The fourth-order valence-corrected chi connectivity index (χ4v) is 1.80. The molecule has 0 unspecified atom stereocenters. The number of hydrogen-bond donors (Lipinski definition) is 0. The van der Waals surface area contributed by atoms with Crippen LogP contribution in [0.4, 0.5) is 0 Å². The first-order valence-corrected chi connectivity index (χ1v) is 6.91. The van der Waals surface area contributed by atoms with E-state index in [1.165, 1.54) is 38.5 Å². The molecule has 0 spiro atoms. The molecule has 18 heavy (non-hydrogen) atoms. The van der Waals surface area contributed by atoms with E-state index in [0.29, 0.717) is 5.56 Å². The van der Waals surface area contributed by atoms with Gasteiger partial charge in [0.15, 0.2) is 0 Å². The Bertz CT molecular complexity index is 392. The van der Waals surface area contributed by atoms with E-state index >= 15 is 0 Å². The highest BCUT2D eigenvalue weighted by molar-refractivity contribution is 5.74. The van der Waals surface area contributed by atoms with Crippen molar-refractivity contribution < 1.29 is 4.79 Å². The minimum absolute atomic E-state index is 0.705. The average molecular weight is 242 g/mol. The first-order chi connectivity index (χ1) is 8.86. The van der Waals surface area contributed by atoms with Crippen LogP contribution in [0, 0.1) is 11.8 Å². The van der Waals surface area contributed by atoms with Gasteiger partial charge in [-0.25, -0.2) is 0 Å². The molecular weight excluding hydrogens is 220 g/mol. The quantitative estimate of drug-likeness (QED) is 0.388. The van der Waals surface area contributed by atoms with Gasteiger partial charge >= 0.3 is 0 Å². The third-order valence-corrected chi connectivity index (χ3v) is 2.93. The number of carbonyl (C=O) groups is 1. The molecule has 0 N–H and O–H groups in total. The number of rotatable bonds is 7. The van der Waals surface area contributed by atoms with E-state index in [4.69, 9.17) is 0 Å². The van der Waals surface area contributed by atoms with Gasteiger partial charge in [-0.1, -0.05) is 63.0 Å². The van der Waals surface area contributed by atoms with Gasteiger partial charge < -0.3 is 0 Å². The van der Waals surface area contributed by atoms with Crippen LogP contribution >= 0.6 is 0 Å². The van der Waals surface area contributed by atoms with Crippen molar-refractivity contribution in [3.05, 3.63) is 35.4 Å². The first-order valence-electron chi connectivity index (χ1n) is 6.91. The SMILES string of the molecule is CCCCCCCCC#Cc1ccc(C=O)cc1. The molecule has 1 heteroatoms. The molecule has 1 aromatic carbocycles. The fourth-order valence-electron chi connectivity index (χ4n) is 1.80. The van der Waals surface area contributed by atoms with E-state index < -0.39 is 0 Å². The summed E-state index contributed by atoms with van der Waals surface area (Å²) in [6.45, 7) is 2.24. The molecule has 0 fully saturated rings. The summed E-state index contributed by atoms with van der Waals surface area (Å²) >= 11 is 0. The number of carbonyl (C=O) groups excluding carboxylic acids is 1. The van der Waals surface area contributed by atoms with E-state index in [1.54, 1.807) is 0 Å². The highest BCUT2D eigenvalue weighted by Gasteiger charge is 1.90. The smallest absolute Gasteiger partial charge is 0.150 e. The van der Waals surface area contributed by atoms with Crippen molar-refractivity contribution in [1.82, 2.24) is 0 Å². The molecule has 0 atom stereocenters. The Morgan fingerprint density at radius 2 is 1.67 bits per heavy atom. The van der Waals surface area contributed by atoms with Crippen molar-refractivity contribution in [2.24, 2.45) is 0 Å². The molecule has 96 valence electrons. The Morgan fingerprint density at radius 3 is 2.33 bits per heavy atom. The van der Waals surface area contributed by atoms with Crippen LogP contribution in [0.25, 0.3) is 0 Å². The third-order valence-electron chi connectivity index (χ3n) is 2.93. The van der Waals surface area contributed by atoms with E-state index in [2.05, 4.69) is 18.8 Å². The lowest BCUT2D eigenvalue weighted by Crippen LogP contribution is -1.80. The van der Waals surface area contributed by atoms with Crippen LogP contribution in [0.2, 0.25) is 0 Å².